The van der Waals surface area contributed by atoms with Crippen molar-refractivity contribution < 1.29 is 4.39 Å². The van der Waals surface area contributed by atoms with Gasteiger partial charge < -0.3 is 0 Å². The predicted molar refractivity (Wildman–Crippen MR) is 77.0 cm³/mol. The van der Waals surface area contributed by atoms with Crippen molar-refractivity contribution in [2.24, 2.45) is 5.84 Å². The van der Waals surface area contributed by atoms with E-state index in [0.717, 1.165) is 0 Å². The van der Waals surface area contributed by atoms with E-state index in [2.05, 4.69) is 5.43 Å². The van der Waals surface area contributed by atoms with Gasteiger partial charge in [-0.15, -0.1) is 0 Å². The quantitative estimate of drug-likeness (QED) is 0.652. The molecule has 0 fully saturated rings. The molecule has 2 aromatic carbocycles. The molecule has 2 aromatic rings. The zero-order valence-electron chi connectivity index (χ0n) is 9.63. The summed E-state index contributed by atoms with van der Waals surface area (Å²) < 4.78 is 14.0. The van der Waals surface area contributed by atoms with Gasteiger partial charge in [0.05, 0.1) is 6.04 Å². The Morgan fingerprint density at radius 3 is 2.21 bits per heavy atom. The minimum atomic E-state index is -0.654. The van der Waals surface area contributed by atoms with Crippen LogP contribution in [0.15, 0.2) is 36.4 Å². The molecular weight excluding hydrogens is 310 g/mol. The number of hydrogen-bond donors (Lipinski definition) is 2. The summed E-state index contributed by atoms with van der Waals surface area (Å²) in [6.07, 6.45) is 0. The van der Waals surface area contributed by atoms with Gasteiger partial charge in [-0.3, -0.25) is 5.84 Å². The van der Waals surface area contributed by atoms with E-state index >= 15 is 0 Å². The molecule has 0 aliphatic heterocycles. The first-order valence-corrected chi connectivity index (χ1v) is 6.53. The van der Waals surface area contributed by atoms with Gasteiger partial charge in [0.25, 0.3) is 0 Å². The molecule has 0 amide bonds. The summed E-state index contributed by atoms with van der Waals surface area (Å²) in [6.45, 7) is 0. The molecule has 1 unspecified atom stereocenters. The number of rotatable bonds is 3. The van der Waals surface area contributed by atoms with Gasteiger partial charge in [0.2, 0.25) is 0 Å². The Morgan fingerprint density at radius 1 is 1.05 bits per heavy atom. The van der Waals surface area contributed by atoms with Crippen molar-refractivity contribution in [2.45, 2.75) is 6.04 Å². The second kappa shape index (κ2) is 6.07. The first-order chi connectivity index (χ1) is 9.04. The lowest BCUT2D eigenvalue weighted by Crippen LogP contribution is -2.30. The van der Waals surface area contributed by atoms with E-state index in [9.17, 15) is 4.39 Å². The van der Waals surface area contributed by atoms with Crippen molar-refractivity contribution in [2.75, 3.05) is 0 Å². The maximum absolute atomic E-state index is 14.0. The average Bonchev–Trinajstić information content (AvgIpc) is 2.35. The van der Waals surface area contributed by atoms with E-state index in [1.54, 1.807) is 30.3 Å². The highest BCUT2D eigenvalue weighted by molar-refractivity contribution is 6.36. The first kappa shape index (κ1) is 14.6. The molecule has 2 nitrogen and oxygen atoms in total. The molecule has 0 aromatic heterocycles. The minimum Gasteiger partial charge on any atom is -0.271 e. The lowest BCUT2D eigenvalue weighted by atomic mass is 9.98. The fourth-order valence-corrected chi connectivity index (χ4v) is 2.63. The number of nitrogens with two attached hydrogens (primary N) is 1. The average molecular weight is 320 g/mol. The van der Waals surface area contributed by atoms with Crippen LogP contribution in [0.1, 0.15) is 17.2 Å². The van der Waals surface area contributed by atoms with Crippen LogP contribution in [0.5, 0.6) is 0 Å². The topological polar surface area (TPSA) is 38.0 Å². The van der Waals surface area contributed by atoms with Crippen LogP contribution < -0.4 is 11.3 Å². The monoisotopic (exact) mass is 318 g/mol. The van der Waals surface area contributed by atoms with E-state index in [1.165, 1.54) is 6.07 Å². The molecular formula is C13H10Cl3FN2. The van der Waals surface area contributed by atoms with Crippen molar-refractivity contribution in [3.63, 3.8) is 0 Å². The summed E-state index contributed by atoms with van der Waals surface area (Å²) in [5, 5.41) is 1.12. The smallest absolute Gasteiger partial charge is 0.129 e. The van der Waals surface area contributed by atoms with Crippen LogP contribution in [-0.2, 0) is 0 Å². The third-order valence-electron chi connectivity index (χ3n) is 2.73. The second-order valence-corrected chi connectivity index (χ2v) is 5.15. The van der Waals surface area contributed by atoms with Crippen molar-refractivity contribution >= 4 is 34.8 Å². The van der Waals surface area contributed by atoms with Gasteiger partial charge in [-0.2, -0.15) is 0 Å². The van der Waals surface area contributed by atoms with Crippen LogP contribution in [-0.4, -0.2) is 0 Å². The molecule has 0 saturated carbocycles. The van der Waals surface area contributed by atoms with Crippen molar-refractivity contribution in [3.8, 4) is 0 Å². The number of hydrogen-bond acceptors (Lipinski definition) is 2. The largest absolute Gasteiger partial charge is 0.271 e. The summed E-state index contributed by atoms with van der Waals surface area (Å²) >= 11 is 17.9. The lowest BCUT2D eigenvalue weighted by molar-refractivity contribution is 0.560. The molecule has 1 atom stereocenters. The zero-order valence-corrected chi connectivity index (χ0v) is 11.9. The van der Waals surface area contributed by atoms with Gasteiger partial charge in [0, 0.05) is 26.2 Å². The van der Waals surface area contributed by atoms with E-state index in [-0.39, 0.29) is 0 Å². The molecule has 0 aliphatic carbocycles. The normalized spacial score (nSPS) is 12.5. The van der Waals surface area contributed by atoms with E-state index in [1.807, 2.05) is 0 Å². The van der Waals surface area contributed by atoms with Crippen molar-refractivity contribution in [3.05, 3.63) is 68.4 Å². The highest BCUT2D eigenvalue weighted by Crippen LogP contribution is 2.35. The number of halogens is 4. The summed E-state index contributed by atoms with van der Waals surface area (Å²) in [7, 11) is 0. The first-order valence-electron chi connectivity index (χ1n) is 5.39. The third kappa shape index (κ3) is 3.02. The summed E-state index contributed by atoms with van der Waals surface area (Å²) in [6, 6.07) is 8.73. The fraction of sp³-hybridized carbons (Fsp3) is 0.0769. The van der Waals surface area contributed by atoms with Gasteiger partial charge in [0.15, 0.2) is 0 Å². The van der Waals surface area contributed by atoms with Gasteiger partial charge in [-0.25, -0.2) is 9.82 Å². The number of nitrogens with one attached hydrogen (secondary N) is 1. The summed E-state index contributed by atoms with van der Waals surface area (Å²) in [4.78, 5) is 0. The molecule has 0 radical (unpaired) electrons. The minimum absolute atomic E-state index is 0.308. The fourth-order valence-electron chi connectivity index (χ4n) is 1.85. The Morgan fingerprint density at radius 2 is 1.68 bits per heavy atom. The van der Waals surface area contributed by atoms with E-state index in [0.29, 0.717) is 26.2 Å². The molecule has 100 valence electrons. The Bertz CT molecular complexity index is 584. The molecule has 0 bridgehead atoms. The highest BCUT2D eigenvalue weighted by atomic mass is 35.5. The highest BCUT2D eigenvalue weighted by Gasteiger charge is 2.21. The molecule has 0 heterocycles. The van der Waals surface area contributed by atoms with Gasteiger partial charge >= 0.3 is 0 Å². The molecule has 3 N–H and O–H groups in total. The maximum atomic E-state index is 14.0. The van der Waals surface area contributed by atoms with Gasteiger partial charge in [0.1, 0.15) is 5.82 Å². The predicted octanol–water partition coefficient (Wildman–Crippen LogP) is 4.34. The van der Waals surface area contributed by atoms with Crippen LogP contribution in [0, 0.1) is 5.82 Å². The number of benzene rings is 2. The molecule has 0 spiro atoms. The molecule has 6 heteroatoms. The number of hydrazine groups is 1. The Kier molecular flexibility index (Phi) is 4.66. The third-order valence-corrected chi connectivity index (χ3v) is 3.62. The Balaban J connectivity index is 2.56. The van der Waals surface area contributed by atoms with Crippen molar-refractivity contribution in [1.29, 1.82) is 0 Å². The van der Waals surface area contributed by atoms with Crippen LogP contribution in [0.25, 0.3) is 0 Å². The van der Waals surface area contributed by atoms with Crippen LogP contribution in [0.3, 0.4) is 0 Å². The van der Waals surface area contributed by atoms with Gasteiger partial charge in [-0.1, -0.05) is 46.9 Å². The van der Waals surface area contributed by atoms with E-state index in [4.69, 9.17) is 40.6 Å². The Labute approximate surface area is 125 Å². The zero-order chi connectivity index (χ0) is 14.0. The van der Waals surface area contributed by atoms with Gasteiger partial charge in [-0.05, 0) is 24.3 Å². The van der Waals surface area contributed by atoms with Crippen LogP contribution in [0.2, 0.25) is 15.1 Å². The molecule has 0 aliphatic rings. The standard InChI is InChI=1S/C13H10Cl3FN2/c14-7-4-5-8(11(17)6-7)13(19-18)12-9(15)2-1-3-10(12)16/h1-6,13,19H,18H2. The summed E-state index contributed by atoms with van der Waals surface area (Å²) in [5.41, 5.74) is 3.37. The van der Waals surface area contributed by atoms with Crippen LogP contribution in [0.4, 0.5) is 4.39 Å². The van der Waals surface area contributed by atoms with Crippen LogP contribution >= 0.6 is 34.8 Å². The lowest BCUT2D eigenvalue weighted by Gasteiger charge is -2.20. The SMILES string of the molecule is NNC(c1ccc(Cl)cc1F)c1c(Cl)cccc1Cl. The Hall–Kier alpha value is -0.840. The van der Waals surface area contributed by atoms with Crippen molar-refractivity contribution in [1.82, 2.24) is 5.43 Å². The summed E-state index contributed by atoms with van der Waals surface area (Å²) in [5.74, 6) is 5.03. The molecule has 19 heavy (non-hydrogen) atoms. The maximum Gasteiger partial charge on any atom is 0.129 e. The second-order valence-electron chi connectivity index (χ2n) is 3.90. The molecule has 2 rings (SSSR count). The molecule has 0 saturated heterocycles. The van der Waals surface area contributed by atoms with E-state index < -0.39 is 11.9 Å².